The van der Waals surface area contributed by atoms with Crippen LogP contribution in [0, 0.1) is 0 Å². The molecule has 2 N–H and O–H groups in total. The molecule has 1 aromatic carbocycles. The Labute approximate surface area is 94.8 Å². The number of nitrogens with two attached hydrogens (primary N) is 1. The number of benzene rings is 1. The first-order valence-corrected chi connectivity index (χ1v) is 5.92. The van der Waals surface area contributed by atoms with Gasteiger partial charge in [0.2, 0.25) is 0 Å². The second-order valence-corrected chi connectivity index (χ2v) is 4.79. The molecule has 0 aliphatic rings. The first-order chi connectivity index (χ1) is 6.59. The third-order valence-electron chi connectivity index (χ3n) is 2.88. The van der Waals surface area contributed by atoms with E-state index < -0.39 is 0 Å². The topological polar surface area (TPSA) is 26.0 Å². The fraction of sp³-hybridized carbons (Fsp3) is 0.500. The predicted molar refractivity (Wildman–Crippen MR) is 65.3 cm³/mol. The molecule has 1 rings (SSSR count). The molecular weight excluding hydrogens is 238 g/mol. The molecule has 0 saturated carbocycles. The lowest BCUT2D eigenvalue weighted by atomic mass is 9.87. The summed E-state index contributed by atoms with van der Waals surface area (Å²) in [7, 11) is 0. The van der Waals surface area contributed by atoms with Gasteiger partial charge in [-0.15, -0.1) is 0 Å². The van der Waals surface area contributed by atoms with Gasteiger partial charge in [0.05, 0.1) is 0 Å². The molecule has 1 nitrogen and oxygen atoms in total. The molecule has 0 aliphatic heterocycles. The van der Waals surface area contributed by atoms with Gasteiger partial charge in [0.25, 0.3) is 0 Å². The summed E-state index contributed by atoms with van der Waals surface area (Å²) in [6.07, 6.45) is 3.02. The molecule has 78 valence electrons. The molecule has 0 atom stereocenters. The van der Waals surface area contributed by atoms with Crippen LogP contribution in [-0.2, 0) is 6.42 Å². The van der Waals surface area contributed by atoms with Gasteiger partial charge >= 0.3 is 0 Å². The van der Waals surface area contributed by atoms with Crippen LogP contribution in [0.3, 0.4) is 0 Å². The first kappa shape index (κ1) is 11.7. The van der Waals surface area contributed by atoms with E-state index in [1.807, 2.05) is 0 Å². The quantitative estimate of drug-likeness (QED) is 0.876. The molecule has 0 radical (unpaired) electrons. The molecule has 14 heavy (non-hydrogen) atoms. The van der Waals surface area contributed by atoms with E-state index in [4.69, 9.17) is 5.73 Å². The molecule has 0 amide bonds. The van der Waals surface area contributed by atoms with Gasteiger partial charge in [0.15, 0.2) is 0 Å². The lowest BCUT2D eigenvalue weighted by Crippen LogP contribution is -2.40. The van der Waals surface area contributed by atoms with Crippen molar-refractivity contribution in [2.24, 2.45) is 5.73 Å². The minimum Gasteiger partial charge on any atom is -0.325 e. The Kier molecular flexibility index (Phi) is 4.14. The van der Waals surface area contributed by atoms with Crippen molar-refractivity contribution in [3.05, 3.63) is 34.3 Å². The third-order valence-corrected chi connectivity index (χ3v) is 3.41. The van der Waals surface area contributed by atoms with Crippen LogP contribution in [0.5, 0.6) is 0 Å². The number of rotatable bonds is 4. The molecule has 0 spiro atoms. The molecule has 0 fully saturated rings. The van der Waals surface area contributed by atoms with Gasteiger partial charge in [-0.2, -0.15) is 0 Å². The zero-order valence-electron chi connectivity index (χ0n) is 8.89. The van der Waals surface area contributed by atoms with E-state index in [0.717, 1.165) is 23.7 Å². The molecule has 1 aromatic rings. The Hall–Kier alpha value is -0.340. The highest BCUT2D eigenvalue weighted by Gasteiger charge is 2.20. The highest BCUT2D eigenvalue weighted by atomic mass is 79.9. The van der Waals surface area contributed by atoms with Gasteiger partial charge < -0.3 is 5.73 Å². The highest BCUT2D eigenvalue weighted by Crippen LogP contribution is 2.19. The standard InChI is InChI=1S/C12H18BrN/c1-3-12(14,4-2)9-10-5-7-11(13)8-6-10/h5-8H,3-4,9,14H2,1-2H3. The second kappa shape index (κ2) is 4.94. The molecule has 0 bridgehead atoms. The van der Waals surface area contributed by atoms with Gasteiger partial charge in [-0.25, -0.2) is 0 Å². The van der Waals surface area contributed by atoms with E-state index in [0.29, 0.717) is 0 Å². The number of halogens is 1. The van der Waals surface area contributed by atoms with E-state index in [1.54, 1.807) is 0 Å². The molecule has 0 saturated heterocycles. The van der Waals surface area contributed by atoms with Gasteiger partial charge in [-0.1, -0.05) is 41.9 Å². The average molecular weight is 256 g/mol. The molecular formula is C12H18BrN. The van der Waals surface area contributed by atoms with Crippen LogP contribution >= 0.6 is 15.9 Å². The molecule has 0 aliphatic carbocycles. The lowest BCUT2D eigenvalue weighted by Gasteiger charge is -2.26. The Morgan fingerprint density at radius 2 is 1.64 bits per heavy atom. The van der Waals surface area contributed by atoms with E-state index >= 15 is 0 Å². The van der Waals surface area contributed by atoms with Crippen LogP contribution in [0.4, 0.5) is 0 Å². The molecule has 0 aromatic heterocycles. The van der Waals surface area contributed by atoms with Crippen molar-refractivity contribution in [3.63, 3.8) is 0 Å². The minimum atomic E-state index is -0.0339. The van der Waals surface area contributed by atoms with Crippen LogP contribution in [0.1, 0.15) is 32.3 Å². The largest absolute Gasteiger partial charge is 0.325 e. The fourth-order valence-electron chi connectivity index (χ4n) is 1.51. The summed E-state index contributed by atoms with van der Waals surface area (Å²) in [5, 5.41) is 0. The van der Waals surface area contributed by atoms with E-state index in [-0.39, 0.29) is 5.54 Å². The Bertz CT molecular complexity index is 275. The van der Waals surface area contributed by atoms with E-state index in [2.05, 4.69) is 54.0 Å². The smallest absolute Gasteiger partial charge is 0.0189 e. The minimum absolute atomic E-state index is 0.0339. The Morgan fingerprint density at radius 1 is 1.14 bits per heavy atom. The van der Waals surface area contributed by atoms with Crippen molar-refractivity contribution >= 4 is 15.9 Å². The number of hydrogen-bond donors (Lipinski definition) is 1. The third kappa shape index (κ3) is 3.10. The Morgan fingerprint density at radius 3 is 2.07 bits per heavy atom. The summed E-state index contributed by atoms with van der Waals surface area (Å²) in [4.78, 5) is 0. The summed E-state index contributed by atoms with van der Waals surface area (Å²) in [6.45, 7) is 4.31. The van der Waals surface area contributed by atoms with Gasteiger partial charge in [-0.3, -0.25) is 0 Å². The van der Waals surface area contributed by atoms with E-state index in [1.165, 1.54) is 5.56 Å². The average Bonchev–Trinajstić information content (AvgIpc) is 2.21. The first-order valence-electron chi connectivity index (χ1n) is 5.13. The summed E-state index contributed by atoms with van der Waals surface area (Å²) in [5.74, 6) is 0. The van der Waals surface area contributed by atoms with Gasteiger partial charge in [0.1, 0.15) is 0 Å². The predicted octanol–water partition coefficient (Wildman–Crippen LogP) is 3.51. The number of hydrogen-bond acceptors (Lipinski definition) is 1. The molecule has 0 unspecified atom stereocenters. The summed E-state index contributed by atoms with van der Waals surface area (Å²) in [5.41, 5.74) is 7.54. The zero-order chi connectivity index (χ0) is 10.6. The van der Waals surface area contributed by atoms with Crippen molar-refractivity contribution in [1.29, 1.82) is 0 Å². The maximum atomic E-state index is 6.25. The van der Waals surface area contributed by atoms with Crippen LogP contribution in [0.25, 0.3) is 0 Å². The maximum absolute atomic E-state index is 6.25. The maximum Gasteiger partial charge on any atom is 0.0189 e. The zero-order valence-corrected chi connectivity index (χ0v) is 10.5. The fourth-order valence-corrected chi connectivity index (χ4v) is 1.77. The summed E-state index contributed by atoms with van der Waals surface area (Å²) in [6, 6.07) is 8.41. The normalized spacial score (nSPS) is 11.7. The second-order valence-electron chi connectivity index (χ2n) is 3.87. The van der Waals surface area contributed by atoms with Crippen molar-refractivity contribution < 1.29 is 0 Å². The monoisotopic (exact) mass is 255 g/mol. The molecule has 0 heterocycles. The SMILES string of the molecule is CCC(N)(CC)Cc1ccc(Br)cc1. The van der Waals surface area contributed by atoms with Crippen LogP contribution < -0.4 is 5.73 Å². The van der Waals surface area contributed by atoms with E-state index in [9.17, 15) is 0 Å². The Balaban J connectivity index is 2.72. The van der Waals surface area contributed by atoms with Crippen LogP contribution in [0.2, 0.25) is 0 Å². The van der Waals surface area contributed by atoms with Crippen molar-refractivity contribution in [2.45, 2.75) is 38.6 Å². The molecule has 2 heteroatoms. The van der Waals surface area contributed by atoms with Crippen LogP contribution in [-0.4, -0.2) is 5.54 Å². The van der Waals surface area contributed by atoms with Crippen molar-refractivity contribution in [3.8, 4) is 0 Å². The highest BCUT2D eigenvalue weighted by molar-refractivity contribution is 9.10. The van der Waals surface area contributed by atoms with Gasteiger partial charge in [0, 0.05) is 10.0 Å². The van der Waals surface area contributed by atoms with Gasteiger partial charge in [-0.05, 0) is 37.0 Å². The summed E-state index contributed by atoms with van der Waals surface area (Å²) < 4.78 is 1.12. The van der Waals surface area contributed by atoms with Crippen molar-refractivity contribution in [2.75, 3.05) is 0 Å². The summed E-state index contributed by atoms with van der Waals surface area (Å²) >= 11 is 3.43. The van der Waals surface area contributed by atoms with Crippen LogP contribution in [0.15, 0.2) is 28.7 Å². The lowest BCUT2D eigenvalue weighted by molar-refractivity contribution is 0.393. The van der Waals surface area contributed by atoms with Crippen molar-refractivity contribution in [1.82, 2.24) is 0 Å².